The van der Waals surface area contributed by atoms with Crippen molar-refractivity contribution in [2.45, 2.75) is 6.36 Å². The summed E-state index contributed by atoms with van der Waals surface area (Å²) in [6.45, 7) is 0. The van der Waals surface area contributed by atoms with E-state index in [4.69, 9.17) is 8.42 Å². The van der Waals surface area contributed by atoms with Gasteiger partial charge in [0.25, 0.3) is 11.0 Å². The number of thiol groups is 1. The number of alkyl halides is 3. The molecule has 0 aromatic carbocycles. The van der Waals surface area contributed by atoms with Crippen molar-refractivity contribution in [1.82, 2.24) is 0 Å². The van der Waals surface area contributed by atoms with Gasteiger partial charge in [0.05, 0.1) is 0 Å². The van der Waals surface area contributed by atoms with Gasteiger partial charge in [-0.15, -0.1) is 13.2 Å². The van der Waals surface area contributed by atoms with Gasteiger partial charge in [-0.2, -0.15) is 4.18 Å². The molecule has 0 aliphatic heterocycles. The Labute approximate surface area is 63.1 Å². The Morgan fingerprint density at radius 1 is 1.22 bits per heavy atom. The Morgan fingerprint density at radius 3 is 1.56 bits per heavy atom. The Balaban J connectivity index is 0. The third-order valence-electron chi connectivity index (χ3n) is 0.178. The molecule has 0 amide bonds. The van der Waals surface area contributed by atoms with Crippen molar-refractivity contribution in [3.8, 4) is 0 Å². The summed E-state index contributed by atoms with van der Waals surface area (Å²) in [6.07, 6.45) is -5.07. The molecule has 0 N–H and O–H groups in total. The molecule has 0 bridgehead atoms. The molecule has 1 radical (unpaired) electrons. The second kappa shape index (κ2) is 4.19. The quantitative estimate of drug-likeness (QED) is 0.530. The minimum Gasteiger partial charge on any atom is -0.202 e. The van der Waals surface area contributed by atoms with Gasteiger partial charge in [-0.25, -0.2) is 8.42 Å². The van der Waals surface area contributed by atoms with E-state index < -0.39 is 17.3 Å². The predicted octanol–water partition coefficient (Wildman–Crippen LogP) is 0.0467. The predicted molar refractivity (Wildman–Crippen MR) is 17.5 cm³/mol. The molecule has 3 nitrogen and oxygen atoms in total. The smallest absolute Gasteiger partial charge is 0.202 e. The van der Waals surface area contributed by atoms with Crippen LogP contribution in [0.5, 0.6) is 0 Å². The average molecular weight is 253 g/mol. The average Bonchev–Trinajstić information content (AvgIpc) is 1.21. The topological polar surface area (TPSA) is 43.4 Å². The van der Waals surface area contributed by atoms with E-state index in [9.17, 15) is 13.2 Å². The van der Waals surface area contributed by atoms with E-state index in [0.29, 0.717) is 0 Å². The van der Waals surface area contributed by atoms with E-state index in [0.717, 1.165) is 0 Å². The molecule has 9 heavy (non-hydrogen) atoms. The van der Waals surface area contributed by atoms with Crippen molar-refractivity contribution in [3.05, 3.63) is 0 Å². The first kappa shape index (κ1) is 12.0. The summed E-state index contributed by atoms with van der Waals surface area (Å²) in [5, 5.41) is 0. The molecular formula is CHF3O3RhS. The fourth-order valence-electron chi connectivity index (χ4n) is 0.0845. The molecule has 59 valence electrons. The zero-order valence-corrected chi connectivity index (χ0v) is 6.17. The summed E-state index contributed by atoms with van der Waals surface area (Å²) in [7, 11) is -3.81. The third-order valence-corrected chi connectivity index (χ3v) is 0.534. The molecule has 0 atom stereocenters. The van der Waals surface area contributed by atoms with Crippen LogP contribution in [-0.4, -0.2) is 14.8 Å². The van der Waals surface area contributed by atoms with Crippen molar-refractivity contribution in [1.29, 1.82) is 0 Å². The van der Waals surface area contributed by atoms with Crippen LogP contribution in [0.25, 0.3) is 0 Å². The Kier molecular flexibility index (Phi) is 5.61. The van der Waals surface area contributed by atoms with Gasteiger partial charge in [0.15, 0.2) is 0 Å². The van der Waals surface area contributed by atoms with Crippen molar-refractivity contribution in [3.63, 3.8) is 0 Å². The van der Waals surface area contributed by atoms with Gasteiger partial charge in [0.2, 0.25) is 0 Å². The molecule has 0 aromatic heterocycles. The summed E-state index contributed by atoms with van der Waals surface area (Å²) in [5.74, 6) is 0. The standard InChI is InChI=1S/CHF3O3S.Rh/c2-1(3,4)7-8(5)6;/h8H;. The van der Waals surface area contributed by atoms with Crippen LogP contribution in [-0.2, 0) is 34.6 Å². The van der Waals surface area contributed by atoms with Crippen LogP contribution in [0.2, 0.25) is 0 Å². The molecule has 0 aliphatic carbocycles. The zero-order chi connectivity index (χ0) is 6.78. The van der Waals surface area contributed by atoms with Crippen LogP contribution in [0.4, 0.5) is 13.2 Å². The second-order valence-corrected chi connectivity index (χ2v) is 1.39. The Morgan fingerprint density at radius 2 is 1.56 bits per heavy atom. The summed E-state index contributed by atoms with van der Waals surface area (Å²) in [4.78, 5) is 0. The van der Waals surface area contributed by atoms with E-state index in [-0.39, 0.29) is 19.5 Å². The van der Waals surface area contributed by atoms with E-state index in [1.54, 1.807) is 0 Å². The summed E-state index contributed by atoms with van der Waals surface area (Å²) in [5.41, 5.74) is 0. The van der Waals surface area contributed by atoms with E-state index in [1.165, 1.54) is 0 Å². The minimum atomic E-state index is -5.07. The normalized spacial score (nSPS) is 11.1. The maximum Gasteiger partial charge on any atom is 0.537 e. The molecule has 8 heteroatoms. The van der Waals surface area contributed by atoms with E-state index in [1.807, 2.05) is 0 Å². The molecule has 0 saturated heterocycles. The maximum absolute atomic E-state index is 10.7. The number of halogens is 3. The van der Waals surface area contributed by atoms with Gasteiger partial charge < -0.3 is 0 Å². The Hall–Kier alpha value is 0.323. The van der Waals surface area contributed by atoms with Crippen LogP contribution >= 0.6 is 0 Å². The number of rotatable bonds is 1. The van der Waals surface area contributed by atoms with Gasteiger partial charge in [0.1, 0.15) is 0 Å². The first-order valence-electron chi connectivity index (χ1n) is 1.32. The van der Waals surface area contributed by atoms with Gasteiger partial charge in [-0.1, -0.05) is 0 Å². The largest absolute Gasteiger partial charge is 0.537 e. The fourth-order valence-corrected chi connectivity index (χ4v) is 0.254. The molecule has 0 rings (SSSR count). The van der Waals surface area contributed by atoms with Crippen LogP contribution in [0, 0.1) is 0 Å². The van der Waals surface area contributed by atoms with Crippen molar-refractivity contribution < 1.29 is 45.3 Å². The Bertz CT molecular complexity index is 130. The molecular weight excluding hydrogens is 252 g/mol. The van der Waals surface area contributed by atoms with Gasteiger partial charge in [-0.3, -0.25) is 0 Å². The van der Waals surface area contributed by atoms with Crippen LogP contribution in [0.1, 0.15) is 0 Å². The van der Waals surface area contributed by atoms with Crippen molar-refractivity contribution >= 4 is 11.0 Å². The van der Waals surface area contributed by atoms with Gasteiger partial charge in [-0.05, 0) is 0 Å². The zero-order valence-electron chi connectivity index (χ0n) is 3.64. The van der Waals surface area contributed by atoms with Crippen LogP contribution < -0.4 is 0 Å². The van der Waals surface area contributed by atoms with Crippen LogP contribution in [0.15, 0.2) is 0 Å². The van der Waals surface area contributed by atoms with Gasteiger partial charge in [0, 0.05) is 19.5 Å². The molecule has 0 spiro atoms. The maximum atomic E-state index is 10.7. The number of hydrogen-bond donors (Lipinski definition) is 1. The molecule has 0 aliphatic rings. The molecule has 0 saturated carbocycles. The fraction of sp³-hybridized carbons (Fsp3) is 1.00. The first-order valence-corrected chi connectivity index (χ1v) is 2.41. The molecule has 0 heterocycles. The second-order valence-electron chi connectivity index (χ2n) is 0.761. The van der Waals surface area contributed by atoms with E-state index in [2.05, 4.69) is 4.18 Å². The SMILES string of the molecule is O=[SH](=O)OC(F)(F)F.[Rh]. The number of hydrogen-bond acceptors (Lipinski definition) is 3. The summed E-state index contributed by atoms with van der Waals surface area (Å²) in [6, 6.07) is 0. The first-order chi connectivity index (χ1) is 3.42. The van der Waals surface area contributed by atoms with Crippen molar-refractivity contribution in [2.24, 2.45) is 0 Å². The van der Waals surface area contributed by atoms with Crippen LogP contribution in [0.3, 0.4) is 0 Å². The third kappa shape index (κ3) is 11.7. The van der Waals surface area contributed by atoms with Gasteiger partial charge >= 0.3 is 6.36 Å². The molecule has 0 unspecified atom stereocenters. The molecule has 0 aromatic rings. The molecule has 0 fully saturated rings. The monoisotopic (exact) mass is 253 g/mol. The van der Waals surface area contributed by atoms with Crippen molar-refractivity contribution in [2.75, 3.05) is 0 Å². The van der Waals surface area contributed by atoms with E-state index >= 15 is 0 Å². The minimum absolute atomic E-state index is 0. The summed E-state index contributed by atoms with van der Waals surface area (Å²) >= 11 is 0. The summed E-state index contributed by atoms with van der Waals surface area (Å²) < 4.78 is 52.7.